The molecule has 5 rings (SSSR count). The van der Waals surface area contributed by atoms with Crippen molar-refractivity contribution in [2.75, 3.05) is 18.0 Å². The van der Waals surface area contributed by atoms with E-state index >= 15 is 0 Å². The number of fused-ring (bicyclic) bond motifs is 3. The first-order valence-corrected chi connectivity index (χ1v) is 9.10. The van der Waals surface area contributed by atoms with Gasteiger partial charge in [0, 0.05) is 49.3 Å². The quantitative estimate of drug-likeness (QED) is 0.725. The average Bonchev–Trinajstić information content (AvgIpc) is 2.96. The first kappa shape index (κ1) is 16.6. The molecule has 0 saturated carbocycles. The van der Waals surface area contributed by atoms with E-state index in [1.54, 1.807) is 0 Å². The molecule has 1 aromatic rings. The van der Waals surface area contributed by atoms with Crippen LogP contribution in [-0.4, -0.2) is 53.8 Å². The fraction of sp³-hybridized carbons (Fsp3) is 0.500. The Morgan fingerprint density at radius 1 is 1.11 bits per heavy atom. The summed E-state index contributed by atoms with van der Waals surface area (Å²) in [5.74, 6) is -3.41. The smallest absolute Gasteiger partial charge is 0.255 e. The maximum absolute atomic E-state index is 14.8. The average molecular weight is 376 g/mol. The molecule has 142 valence electrons. The second-order valence-electron chi connectivity index (χ2n) is 7.56. The standard InChI is InChI=1S/C18H18F2N4O3/c19-12-4-10-11(16(15(12)20)24-8-3-9(24)6-21-5-8)7-23(18(10)27)13-1-2-14(25)22-17(13)26/h4,8-9,13,21H,1-3,5-7H2,(H,22,25,26). The molecule has 3 unspecified atom stereocenters. The lowest BCUT2D eigenvalue weighted by Gasteiger charge is -2.55. The van der Waals surface area contributed by atoms with E-state index in [4.69, 9.17) is 0 Å². The van der Waals surface area contributed by atoms with Gasteiger partial charge in [0.05, 0.1) is 5.69 Å². The number of piperidine rings is 2. The van der Waals surface area contributed by atoms with E-state index in [1.807, 2.05) is 4.90 Å². The molecule has 3 atom stereocenters. The Balaban J connectivity index is 1.54. The van der Waals surface area contributed by atoms with Gasteiger partial charge in [-0.15, -0.1) is 0 Å². The highest BCUT2D eigenvalue weighted by atomic mass is 19.2. The van der Waals surface area contributed by atoms with Gasteiger partial charge in [0.15, 0.2) is 11.6 Å². The lowest BCUT2D eigenvalue weighted by Crippen LogP contribution is -2.68. The lowest BCUT2D eigenvalue weighted by atomic mass is 9.86. The highest BCUT2D eigenvalue weighted by Gasteiger charge is 2.47. The van der Waals surface area contributed by atoms with E-state index in [1.165, 1.54) is 4.90 Å². The zero-order chi connectivity index (χ0) is 18.9. The summed E-state index contributed by atoms with van der Waals surface area (Å²) < 4.78 is 29.1. The van der Waals surface area contributed by atoms with Gasteiger partial charge in [-0.25, -0.2) is 8.78 Å². The number of rotatable bonds is 2. The van der Waals surface area contributed by atoms with Crippen molar-refractivity contribution in [1.82, 2.24) is 15.5 Å². The van der Waals surface area contributed by atoms with Gasteiger partial charge in [0.1, 0.15) is 6.04 Å². The number of amides is 3. The number of halogens is 2. The van der Waals surface area contributed by atoms with Crippen LogP contribution in [0.5, 0.6) is 0 Å². The Kier molecular flexibility index (Phi) is 3.52. The van der Waals surface area contributed by atoms with Gasteiger partial charge < -0.3 is 15.1 Å². The molecule has 3 amide bonds. The van der Waals surface area contributed by atoms with E-state index in [2.05, 4.69) is 10.6 Å². The molecule has 4 aliphatic rings. The van der Waals surface area contributed by atoms with Crippen molar-refractivity contribution in [3.63, 3.8) is 0 Å². The minimum atomic E-state index is -1.06. The van der Waals surface area contributed by atoms with E-state index in [9.17, 15) is 23.2 Å². The highest BCUT2D eigenvalue weighted by molar-refractivity contribution is 6.06. The van der Waals surface area contributed by atoms with Crippen molar-refractivity contribution < 1.29 is 23.2 Å². The molecule has 2 bridgehead atoms. The van der Waals surface area contributed by atoms with Crippen LogP contribution >= 0.6 is 0 Å². The second-order valence-corrected chi connectivity index (χ2v) is 7.56. The van der Waals surface area contributed by atoms with E-state index < -0.39 is 29.5 Å². The molecule has 7 nitrogen and oxygen atoms in total. The Morgan fingerprint density at radius 2 is 1.85 bits per heavy atom. The van der Waals surface area contributed by atoms with Crippen LogP contribution in [0.15, 0.2) is 6.07 Å². The summed E-state index contributed by atoms with van der Waals surface area (Å²) in [7, 11) is 0. The first-order valence-electron chi connectivity index (χ1n) is 9.10. The third kappa shape index (κ3) is 2.30. The molecule has 0 aromatic heterocycles. The Bertz CT molecular complexity index is 876. The summed E-state index contributed by atoms with van der Waals surface area (Å²) in [6.45, 7) is 1.41. The number of nitrogens with zero attached hydrogens (tertiary/aromatic N) is 2. The monoisotopic (exact) mass is 376 g/mol. The molecule has 0 spiro atoms. The normalized spacial score (nSPS) is 29.6. The number of carbonyl (C=O) groups excluding carboxylic acids is 3. The molecule has 0 radical (unpaired) electrons. The Labute approximate surface area is 153 Å². The lowest BCUT2D eigenvalue weighted by molar-refractivity contribution is -0.136. The van der Waals surface area contributed by atoms with Crippen LogP contribution in [0, 0.1) is 11.6 Å². The van der Waals surface area contributed by atoms with Gasteiger partial charge >= 0.3 is 0 Å². The predicted octanol–water partition coefficient (Wildman–Crippen LogP) is 0.276. The maximum Gasteiger partial charge on any atom is 0.255 e. The fourth-order valence-corrected chi connectivity index (χ4v) is 4.74. The van der Waals surface area contributed by atoms with Crippen LogP contribution in [0.4, 0.5) is 14.5 Å². The van der Waals surface area contributed by atoms with Crippen LogP contribution in [0.2, 0.25) is 0 Å². The highest BCUT2D eigenvalue weighted by Crippen LogP contribution is 2.43. The summed E-state index contributed by atoms with van der Waals surface area (Å²) in [5, 5.41) is 5.47. The molecule has 0 aliphatic carbocycles. The summed E-state index contributed by atoms with van der Waals surface area (Å²) in [6, 6.07) is 0.267. The summed E-state index contributed by atoms with van der Waals surface area (Å²) >= 11 is 0. The van der Waals surface area contributed by atoms with E-state index in [0.717, 1.165) is 12.5 Å². The van der Waals surface area contributed by atoms with Crippen LogP contribution in [-0.2, 0) is 16.1 Å². The number of nitrogens with one attached hydrogen (secondary N) is 2. The van der Waals surface area contributed by atoms with E-state index in [-0.39, 0.29) is 48.6 Å². The van der Waals surface area contributed by atoms with Gasteiger partial charge in [-0.2, -0.15) is 0 Å². The van der Waals surface area contributed by atoms with E-state index in [0.29, 0.717) is 18.7 Å². The van der Waals surface area contributed by atoms with Gasteiger partial charge in [0.2, 0.25) is 11.8 Å². The van der Waals surface area contributed by atoms with Crippen LogP contribution in [0.25, 0.3) is 0 Å². The van der Waals surface area contributed by atoms with Crippen molar-refractivity contribution in [3.05, 3.63) is 28.8 Å². The second kappa shape index (κ2) is 5.72. The topological polar surface area (TPSA) is 81.8 Å². The molecular formula is C18H18F2N4O3. The summed E-state index contributed by atoms with van der Waals surface area (Å²) in [5.41, 5.74) is 0.683. The van der Waals surface area contributed by atoms with Crippen molar-refractivity contribution in [1.29, 1.82) is 0 Å². The fourth-order valence-electron chi connectivity index (χ4n) is 4.74. The zero-order valence-corrected chi connectivity index (χ0v) is 14.4. The van der Waals surface area contributed by atoms with Gasteiger partial charge in [-0.3, -0.25) is 19.7 Å². The number of anilines is 1. The van der Waals surface area contributed by atoms with Crippen LogP contribution in [0.3, 0.4) is 0 Å². The van der Waals surface area contributed by atoms with Crippen LogP contribution in [0.1, 0.15) is 35.2 Å². The Hall–Kier alpha value is -2.55. The summed E-state index contributed by atoms with van der Waals surface area (Å²) in [6.07, 6.45) is 1.25. The molecule has 3 saturated heterocycles. The van der Waals surface area contributed by atoms with Gasteiger partial charge in [0.25, 0.3) is 5.91 Å². The van der Waals surface area contributed by atoms with Gasteiger partial charge in [-0.05, 0) is 18.9 Å². The number of carbonyl (C=O) groups is 3. The van der Waals surface area contributed by atoms with Crippen molar-refractivity contribution >= 4 is 23.4 Å². The Morgan fingerprint density at radius 3 is 2.52 bits per heavy atom. The number of hydrogen-bond acceptors (Lipinski definition) is 5. The number of piperazine rings is 1. The number of imide groups is 1. The molecule has 9 heteroatoms. The molecule has 27 heavy (non-hydrogen) atoms. The van der Waals surface area contributed by atoms with Crippen molar-refractivity contribution in [3.8, 4) is 0 Å². The molecule has 3 fully saturated rings. The summed E-state index contributed by atoms with van der Waals surface area (Å²) in [4.78, 5) is 39.6. The van der Waals surface area contributed by atoms with Crippen LogP contribution < -0.4 is 15.5 Å². The maximum atomic E-state index is 14.8. The molecule has 4 heterocycles. The molecule has 2 N–H and O–H groups in total. The van der Waals surface area contributed by atoms with Gasteiger partial charge in [-0.1, -0.05) is 0 Å². The molecular weight excluding hydrogens is 358 g/mol. The predicted molar refractivity (Wildman–Crippen MR) is 89.9 cm³/mol. The number of benzene rings is 1. The van der Waals surface area contributed by atoms with Crippen molar-refractivity contribution in [2.24, 2.45) is 0 Å². The largest absolute Gasteiger partial charge is 0.360 e. The SMILES string of the molecule is O=C1CCC(N2Cc3c(cc(F)c(F)c3N3C4CNCC3C4)C2=O)C(=O)N1. The number of hydrogen-bond donors (Lipinski definition) is 2. The third-order valence-electron chi connectivity index (χ3n) is 6.05. The first-order chi connectivity index (χ1) is 13.0. The van der Waals surface area contributed by atoms with Crippen molar-refractivity contribution in [2.45, 2.75) is 43.9 Å². The molecule has 1 aromatic carbocycles. The zero-order valence-electron chi connectivity index (χ0n) is 14.4. The minimum Gasteiger partial charge on any atom is -0.360 e. The minimum absolute atomic E-state index is 0.0380. The third-order valence-corrected chi connectivity index (χ3v) is 6.05. The molecule has 4 aliphatic heterocycles.